The molecule has 9 nitrogen and oxygen atoms in total. The minimum atomic E-state index is -1.04. The molecule has 0 aliphatic carbocycles. The highest BCUT2D eigenvalue weighted by atomic mass is 16.6. The first-order valence-electron chi connectivity index (χ1n) is 7.26. The van der Waals surface area contributed by atoms with Gasteiger partial charge in [0.2, 0.25) is 0 Å². The van der Waals surface area contributed by atoms with Crippen molar-refractivity contribution >= 4 is 23.0 Å². The van der Waals surface area contributed by atoms with Gasteiger partial charge in [0.05, 0.1) is 21.1 Å². The molecular formula is C16H15N3O6. The summed E-state index contributed by atoms with van der Waals surface area (Å²) < 4.78 is 5.37. The normalized spacial score (nSPS) is 11.4. The van der Waals surface area contributed by atoms with Crippen molar-refractivity contribution in [2.45, 2.75) is 20.0 Å². The number of ether oxygens (including phenoxy) is 1. The quantitative estimate of drug-likeness (QED) is 0.633. The van der Waals surface area contributed by atoms with Gasteiger partial charge in [0, 0.05) is 12.1 Å². The van der Waals surface area contributed by atoms with Crippen LogP contribution in [0.5, 0.6) is 5.75 Å². The summed E-state index contributed by atoms with van der Waals surface area (Å²) in [6, 6.07) is 10.0. The average Bonchev–Trinajstić information content (AvgIpc) is 2.56. The van der Waals surface area contributed by atoms with E-state index in [1.807, 2.05) is 0 Å². The molecule has 1 atom stereocenters. The lowest BCUT2D eigenvalue weighted by Crippen LogP contribution is -2.30. The molecule has 0 saturated carbocycles. The lowest BCUT2D eigenvalue weighted by atomic mass is 10.1. The number of nitrogens with one attached hydrogen (secondary N) is 1. The summed E-state index contributed by atoms with van der Waals surface area (Å²) in [6.07, 6.45) is -1.04. The number of benzene rings is 2. The van der Waals surface area contributed by atoms with Crippen molar-refractivity contribution in [2.75, 3.05) is 5.32 Å². The third-order valence-electron chi connectivity index (χ3n) is 3.49. The average molecular weight is 345 g/mol. The van der Waals surface area contributed by atoms with Gasteiger partial charge in [-0.25, -0.2) is 0 Å². The highest BCUT2D eigenvalue weighted by molar-refractivity contribution is 5.95. The lowest BCUT2D eigenvalue weighted by molar-refractivity contribution is -0.386. The molecule has 0 radical (unpaired) electrons. The van der Waals surface area contributed by atoms with E-state index in [0.29, 0.717) is 5.56 Å². The maximum atomic E-state index is 12.3. The van der Waals surface area contributed by atoms with E-state index in [2.05, 4.69) is 5.32 Å². The maximum absolute atomic E-state index is 12.3. The first-order chi connectivity index (χ1) is 11.8. The second-order valence-electron chi connectivity index (χ2n) is 5.18. The zero-order chi connectivity index (χ0) is 18.6. The van der Waals surface area contributed by atoms with Crippen LogP contribution in [0.15, 0.2) is 42.5 Å². The number of carbonyl (C=O) groups excluding carboxylic acids is 1. The Hall–Kier alpha value is -3.49. The van der Waals surface area contributed by atoms with Crippen LogP contribution in [0, 0.1) is 27.2 Å². The van der Waals surface area contributed by atoms with E-state index in [9.17, 15) is 25.0 Å². The fourth-order valence-electron chi connectivity index (χ4n) is 2.14. The third kappa shape index (κ3) is 4.08. The molecule has 2 aromatic carbocycles. The van der Waals surface area contributed by atoms with Gasteiger partial charge in [0.1, 0.15) is 0 Å². The van der Waals surface area contributed by atoms with Crippen LogP contribution < -0.4 is 10.1 Å². The van der Waals surface area contributed by atoms with Crippen LogP contribution in [0.4, 0.5) is 17.1 Å². The van der Waals surface area contributed by atoms with Crippen molar-refractivity contribution in [1.29, 1.82) is 0 Å². The van der Waals surface area contributed by atoms with Crippen molar-refractivity contribution in [1.82, 2.24) is 0 Å². The molecule has 0 unspecified atom stereocenters. The monoisotopic (exact) mass is 345 g/mol. The molecule has 1 N–H and O–H groups in total. The molecule has 0 aliphatic heterocycles. The Labute approximate surface area is 142 Å². The smallest absolute Gasteiger partial charge is 0.310 e. The Balaban J connectivity index is 2.16. The number of para-hydroxylation sites is 2. The number of nitrogens with zero attached hydrogens (tertiary/aromatic N) is 2. The highest BCUT2D eigenvalue weighted by Gasteiger charge is 2.22. The standard InChI is InChI=1S/C16H15N3O6/c1-10-12(6-5-8-13(10)18(21)22)17-16(20)11(2)25-15-9-4-3-7-14(15)19(23)24/h3-9,11H,1-2H3,(H,17,20)/t11-/m0/s1. The summed E-state index contributed by atoms with van der Waals surface area (Å²) in [6.45, 7) is 2.94. The number of carbonyl (C=O) groups is 1. The number of hydrogen-bond donors (Lipinski definition) is 1. The predicted octanol–water partition coefficient (Wildman–Crippen LogP) is 3.22. The Morgan fingerprint density at radius 2 is 1.64 bits per heavy atom. The molecule has 0 heterocycles. The first-order valence-corrected chi connectivity index (χ1v) is 7.26. The van der Waals surface area contributed by atoms with E-state index < -0.39 is 21.9 Å². The lowest BCUT2D eigenvalue weighted by Gasteiger charge is -2.15. The van der Waals surface area contributed by atoms with Crippen LogP contribution in [0.3, 0.4) is 0 Å². The number of nitro groups is 2. The zero-order valence-electron chi connectivity index (χ0n) is 13.5. The summed E-state index contributed by atoms with van der Waals surface area (Å²) in [5, 5.41) is 24.4. The van der Waals surface area contributed by atoms with E-state index in [4.69, 9.17) is 4.74 Å². The van der Waals surface area contributed by atoms with E-state index >= 15 is 0 Å². The van der Waals surface area contributed by atoms with Gasteiger partial charge in [-0.05, 0) is 26.0 Å². The number of nitro benzene ring substituents is 2. The van der Waals surface area contributed by atoms with Gasteiger partial charge in [-0.1, -0.05) is 18.2 Å². The molecule has 0 bridgehead atoms. The first kappa shape index (κ1) is 17.9. The SMILES string of the molecule is Cc1c(NC(=O)[C@H](C)Oc2ccccc2[N+](=O)[O-])cccc1[N+](=O)[O-]. The Kier molecular flexibility index (Phi) is 5.28. The van der Waals surface area contributed by atoms with Crippen LogP contribution >= 0.6 is 0 Å². The molecule has 130 valence electrons. The number of anilines is 1. The Morgan fingerprint density at radius 1 is 1.04 bits per heavy atom. The van der Waals surface area contributed by atoms with Crippen molar-refractivity contribution in [2.24, 2.45) is 0 Å². The maximum Gasteiger partial charge on any atom is 0.310 e. The second kappa shape index (κ2) is 7.39. The van der Waals surface area contributed by atoms with Crippen LogP contribution in [-0.2, 0) is 4.79 Å². The zero-order valence-corrected chi connectivity index (χ0v) is 13.5. The van der Waals surface area contributed by atoms with E-state index in [1.165, 1.54) is 50.2 Å². The van der Waals surface area contributed by atoms with E-state index in [0.717, 1.165) is 0 Å². The number of amides is 1. The number of hydrogen-bond acceptors (Lipinski definition) is 6. The molecule has 9 heteroatoms. The van der Waals surface area contributed by atoms with Gasteiger partial charge < -0.3 is 10.1 Å². The van der Waals surface area contributed by atoms with Gasteiger partial charge in [-0.2, -0.15) is 0 Å². The molecule has 0 aromatic heterocycles. The fraction of sp³-hybridized carbons (Fsp3) is 0.188. The summed E-state index contributed by atoms with van der Waals surface area (Å²) >= 11 is 0. The van der Waals surface area contributed by atoms with Gasteiger partial charge in [-0.15, -0.1) is 0 Å². The molecule has 0 aliphatic rings. The van der Waals surface area contributed by atoms with Crippen LogP contribution in [-0.4, -0.2) is 21.9 Å². The topological polar surface area (TPSA) is 125 Å². The molecular weight excluding hydrogens is 330 g/mol. The van der Waals surface area contributed by atoms with Crippen molar-refractivity contribution in [3.63, 3.8) is 0 Å². The summed E-state index contributed by atoms with van der Waals surface area (Å²) in [4.78, 5) is 33.0. The fourth-order valence-corrected chi connectivity index (χ4v) is 2.14. The molecule has 0 spiro atoms. The minimum Gasteiger partial charge on any atom is -0.474 e. The van der Waals surface area contributed by atoms with E-state index in [-0.39, 0.29) is 22.8 Å². The largest absolute Gasteiger partial charge is 0.474 e. The summed E-state index contributed by atoms with van der Waals surface area (Å²) in [5.74, 6) is -0.618. The van der Waals surface area contributed by atoms with Crippen molar-refractivity contribution in [3.8, 4) is 5.75 Å². The van der Waals surface area contributed by atoms with Crippen LogP contribution in [0.1, 0.15) is 12.5 Å². The van der Waals surface area contributed by atoms with Gasteiger partial charge in [0.25, 0.3) is 11.6 Å². The van der Waals surface area contributed by atoms with Gasteiger partial charge in [0.15, 0.2) is 11.9 Å². The predicted molar refractivity (Wildman–Crippen MR) is 89.6 cm³/mol. The van der Waals surface area contributed by atoms with Crippen LogP contribution in [0.25, 0.3) is 0 Å². The molecule has 1 amide bonds. The second-order valence-corrected chi connectivity index (χ2v) is 5.18. The molecule has 0 fully saturated rings. The Bertz CT molecular complexity index is 836. The molecule has 2 aromatic rings. The van der Waals surface area contributed by atoms with Gasteiger partial charge in [-0.3, -0.25) is 25.0 Å². The van der Waals surface area contributed by atoms with Crippen molar-refractivity contribution in [3.05, 3.63) is 68.3 Å². The minimum absolute atomic E-state index is 0.0362. The Morgan fingerprint density at radius 3 is 2.28 bits per heavy atom. The van der Waals surface area contributed by atoms with Gasteiger partial charge >= 0.3 is 5.69 Å². The number of rotatable bonds is 6. The summed E-state index contributed by atoms with van der Waals surface area (Å²) in [5.41, 5.74) is 0.203. The molecule has 2 rings (SSSR count). The van der Waals surface area contributed by atoms with Crippen LogP contribution in [0.2, 0.25) is 0 Å². The van der Waals surface area contributed by atoms with E-state index in [1.54, 1.807) is 6.07 Å². The van der Waals surface area contributed by atoms with Crippen molar-refractivity contribution < 1.29 is 19.4 Å². The third-order valence-corrected chi connectivity index (χ3v) is 3.49. The molecule has 25 heavy (non-hydrogen) atoms. The molecule has 0 saturated heterocycles. The highest BCUT2D eigenvalue weighted by Crippen LogP contribution is 2.28. The summed E-state index contributed by atoms with van der Waals surface area (Å²) in [7, 11) is 0.